The van der Waals surface area contributed by atoms with Crippen LogP contribution in [0.25, 0.3) is 0 Å². The Morgan fingerprint density at radius 2 is 0.388 bits per heavy atom. The van der Waals surface area contributed by atoms with Crippen molar-refractivity contribution in [1.29, 1.82) is 0 Å². The Morgan fingerprint density at radius 1 is 0.204 bits per heavy atom. The van der Waals surface area contributed by atoms with Crippen LogP contribution in [0.1, 0.15) is 72.3 Å². The van der Waals surface area contributed by atoms with E-state index in [0.717, 1.165) is 83.8 Å². The zero-order valence-electron chi connectivity index (χ0n) is 59.1. The summed E-state index contributed by atoms with van der Waals surface area (Å²) in [5, 5.41) is 10.4. The summed E-state index contributed by atoms with van der Waals surface area (Å²) in [5.41, 5.74) is 14.1. The van der Waals surface area contributed by atoms with Crippen molar-refractivity contribution < 1.29 is 52.5 Å². The maximum atomic E-state index is 10.4. The monoisotopic (exact) mass is 1370 g/mol. The second-order valence-corrected chi connectivity index (χ2v) is 24.4. The molecule has 0 spiro atoms. The smallest absolute Gasteiger partial charge is 0.203 e. The molecule has 103 heavy (non-hydrogen) atoms. The summed E-state index contributed by atoms with van der Waals surface area (Å²) in [5.74, 6) is 6.55. The maximum absolute atomic E-state index is 10.4. The molecule has 522 valence electrons. The van der Waals surface area contributed by atoms with E-state index in [1.54, 1.807) is 7.11 Å². The minimum absolute atomic E-state index is 0.0347. The molecule has 0 saturated heterocycles. The van der Waals surface area contributed by atoms with Gasteiger partial charge in [0.15, 0.2) is 34.5 Å². The van der Waals surface area contributed by atoms with Gasteiger partial charge >= 0.3 is 0 Å². The lowest BCUT2D eigenvalue weighted by Gasteiger charge is -2.18. The van der Waals surface area contributed by atoms with Crippen LogP contribution in [0.5, 0.6) is 63.2 Å². The highest BCUT2D eigenvalue weighted by molar-refractivity contribution is 5.56. The highest BCUT2D eigenvalue weighted by atomic mass is 16.5. The molecular weight excluding hydrogens is 1280 g/mol. The normalized spacial score (nSPS) is 10.4. The fourth-order valence-electron chi connectivity index (χ4n) is 10.6. The summed E-state index contributed by atoms with van der Waals surface area (Å²) < 4.78 is 59.4. The minimum Gasteiger partial charge on any atom is -0.502 e. The first-order valence-corrected chi connectivity index (χ1v) is 34.3. The van der Waals surface area contributed by atoms with Gasteiger partial charge in [0.1, 0.15) is 71.0 Å². The van der Waals surface area contributed by atoms with Crippen molar-refractivity contribution in [2.45, 2.75) is 87.2 Å². The number of benzene rings is 13. The predicted octanol–water partition coefficient (Wildman–Crippen LogP) is 21.9. The average Bonchev–Trinajstić information content (AvgIpc) is 0.834. The number of hydrogen-bond donors (Lipinski definition) is 1. The molecule has 0 radical (unpaired) electrons. The number of aryl methyl sites for hydroxylation is 4. The van der Waals surface area contributed by atoms with Crippen molar-refractivity contribution in [3.63, 3.8) is 0 Å². The molecule has 0 fully saturated rings. The Labute approximate surface area is 606 Å². The van der Waals surface area contributed by atoms with Gasteiger partial charge in [-0.3, -0.25) is 0 Å². The first-order valence-electron chi connectivity index (χ1n) is 34.3. The highest BCUT2D eigenvalue weighted by Gasteiger charge is 2.18. The van der Waals surface area contributed by atoms with E-state index in [1.165, 1.54) is 0 Å². The summed E-state index contributed by atoms with van der Waals surface area (Å²) >= 11 is 0. The highest BCUT2D eigenvalue weighted by Crippen LogP contribution is 2.42. The van der Waals surface area contributed by atoms with Gasteiger partial charge < -0.3 is 52.5 Å². The molecular formula is C92H88O11. The van der Waals surface area contributed by atoms with E-state index in [4.69, 9.17) is 47.4 Å². The van der Waals surface area contributed by atoms with E-state index in [-0.39, 0.29) is 5.75 Å². The molecule has 13 aromatic rings. The van der Waals surface area contributed by atoms with Gasteiger partial charge in [-0.2, -0.15) is 0 Å². The quantitative estimate of drug-likeness (QED) is 0.0506. The maximum Gasteiger partial charge on any atom is 0.203 e. The molecule has 0 amide bonds. The summed E-state index contributed by atoms with van der Waals surface area (Å²) in [7, 11) is 1.63. The Hall–Kier alpha value is -12.3. The first-order chi connectivity index (χ1) is 50.5. The molecule has 0 heterocycles. The van der Waals surface area contributed by atoms with E-state index in [0.29, 0.717) is 105 Å². The van der Waals surface area contributed by atoms with Gasteiger partial charge in [-0.1, -0.05) is 273 Å². The van der Waals surface area contributed by atoms with Crippen molar-refractivity contribution >= 4 is 0 Å². The number of hydrogen-bond acceptors (Lipinski definition) is 11. The van der Waals surface area contributed by atoms with E-state index in [1.807, 2.05) is 331 Å². The van der Waals surface area contributed by atoms with E-state index < -0.39 is 0 Å². The Balaban J connectivity index is 0.000000149. The lowest BCUT2D eigenvalue weighted by atomic mass is 10.2. The van der Waals surface area contributed by atoms with Gasteiger partial charge in [0, 0.05) is 6.07 Å². The predicted molar refractivity (Wildman–Crippen MR) is 410 cm³/mol. The van der Waals surface area contributed by atoms with Crippen molar-refractivity contribution in [3.8, 4) is 63.2 Å². The number of aromatic hydroxyl groups is 1. The molecule has 1 N–H and O–H groups in total. The number of phenols is 1. The molecule has 0 aliphatic heterocycles. The van der Waals surface area contributed by atoms with Crippen molar-refractivity contribution in [2.75, 3.05) is 7.11 Å². The van der Waals surface area contributed by atoms with Crippen molar-refractivity contribution in [2.24, 2.45) is 0 Å². The molecule has 11 heteroatoms. The van der Waals surface area contributed by atoms with Crippen molar-refractivity contribution in [3.05, 3.63) is 400 Å². The molecule has 0 aliphatic rings. The Kier molecular flexibility index (Phi) is 28.5. The third-order valence-corrected chi connectivity index (χ3v) is 15.9. The first kappa shape index (κ1) is 73.4. The van der Waals surface area contributed by atoms with Gasteiger partial charge in [-0.05, 0) is 149 Å². The van der Waals surface area contributed by atoms with Gasteiger partial charge in [0.25, 0.3) is 0 Å². The average molecular weight is 1370 g/mol. The lowest BCUT2D eigenvalue weighted by molar-refractivity contribution is 0.230. The third-order valence-electron chi connectivity index (χ3n) is 15.9. The van der Waals surface area contributed by atoms with Gasteiger partial charge in [0.05, 0.1) is 7.11 Å². The van der Waals surface area contributed by atoms with Crippen LogP contribution < -0.4 is 47.4 Å². The van der Waals surface area contributed by atoms with E-state index in [9.17, 15) is 5.11 Å². The topological polar surface area (TPSA) is 113 Å². The number of ether oxygens (including phenoxy) is 10. The van der Waals surface area contributed by atoms with Crippen LogP contribution in [0.4, 0.5) is 0 Å². The standard InChI is InChI=1S/C28H26O3.C22H22O3.C21H20O3.C21H20O2/c1-22-17-26(29-19-23-11-5-2-6-12-23)28(31-21-25-15-9-4-10-16-25)27(18-22)30-20-24-13-7-3-8-14-24;1-17-13-20(24-15-18-9-5-3-6-10-18)22(23-2)21(14-17)25-16-19-11-7-4-8-12-19;1-16-12-19(23-14-17-8-4-2-5-9-17)21(22)20(13-16)24-15-18-10-6-3-7-11-18;1-17-12-20(22-15-18-8-4-2-5-9-18)14-21(13-17)23-16-19-10-6-3-7-11-19/h2-18H,19-21H2,1H3;3-14H,15-16H2,1-2H3;2-13,22H,14-15H2,1H3;2-14H,15-16H2,1H3. The lowest BCUT2D eigenvalue weighted by Crippen LogP contribution is -2.04. The summed E-state index contributed by atoms with van der Waals surface area (Å²) in [4.78, 5) is 0. The second-order valence-electron chi connectivity index (χ2n) is 24.4. The molecule has 0 aromatic heterocycles. The van der Waals surface area contributed by atoms with Crippen LogP contribution in [-0.2, 0) is 59.5 Å². The van der Waals surface area contributed by atoms with Crippen LogP contribution in [0.2, 0.25) is 0 Å². The van der Waals surface area contributed by atoms with E-state index in [2.05, 4.69) is 24.3 Å². The van der Waals surface area contributed by atoms with Gasteiger partial charge in [0.2, 0.25) is 17.2 Å². The van der Waals surface area contributed by atoms with Gasteiger partial charge in [-0.25, -0.2) is 0 Å². The third kappa shape index (κ3) is 24.8. The zero-order valence-corrected chi connectivity index (χ0v) is 59.1. The molecule has 0 saturated carbocycles. The Morgan fingerprint density at radius 3 is 0.621 bits per heavy atom. The molecule has 0 bridgehead atoms. The van der Waals surface area contributed by atoms with Gasteiger partial charge in [-0.15, -0.1) is 0 Å². The molecule has 13 rings (SSSR count). The number of methoxy groups -OCH3 is 1. The summed E-state index contributed by atoms with van der Waals surface area (Å²) in [6.07, 6.45) is 0. The zero-order chi connectivity index (χ0) is 71.5. The molecule has 0 unspecified atom stereocenters. The summed E-state index contributed by atoms with van der Waals surface area (Å²) in [6.45, 7) is 12.3. The minimum atomic E-state index is 0.0347. The molecule has 0 atom stereocenters. The Bertz CT molecular complexity index is 4320. The summed E-state index contributed by atoms with van der Waals surface area (Å²) in [6, 6.07) is 108. The largest absolute Gasteiger partial charge is 0.502 e. The fourth-order valence-corrected chi connectivity index (χ4v) is 10.6. The number of rotatable bonds is 28. The van der Waals surface area contributed by atoms with E-state index >= 15 is 0 Å². The fraction of sp³-hybridized carbons (Fsp3) is 0.152. The molecule has 0 aliphatic carbocycles. The van der Waals surface area contributed by atoms with Crippen molar-refractivity contribution in [1.82, 2.24) is 0 Å². The second kappa shape index (κ2) is 40.0. The number of phenolic OH excluding ortho intramolecular Hbond substituents is 1. The van der Waals surface area contributed by atoms with Crippen LogP contribution >= 0.6 is 0 Å². The van der Waals surface area contributed by atoms with Crippen LogP contribution in [0.3, 0.4) is 0 Å². The van der Waals surface area contributed by atoms with Crippen LogP contribution in [0, 0.1) is 27.7 Å². The van der Waals surface area contributed by atoms with Crippen LogP contribution in [0.15, 0.2) is 328 Å². The molecule has 13 aromatic carbocycles. The van der Waals surface area contributed by atoms with Crippen LogP contribution in [-0.4, -0.2) is 12.2 Å². The SMILES string of the molecule is COc1c(OCc2ccccc2)cc(C)cc1OCc1ccccc1.Cc1cc(OCc2ccccc2)c(O)c(OCc2ccccc2)c1.Cc1cc(OCc2ccccc2)c(OCc2ccccc2)c(OCc2ccccc2)c1.Cc1cc(OCc2ccccc2)cc(OCc2ccccc2)c1. The molecule has 11 nitrogen and oxygen atoms in total.